The molecule has 2 heterocycles. The van der Waals surface area contributed by atoms with E-state index in [-0.39, 0.29) is 17.5 Å². The summed E-state index contributed by atoms with van der Waals surface area (Å²) in [6, 6.07) is 10.6. The summed E-state index contributed by atoms with van der Waals surface area (Å²) < 4.78 is 28.0. The fraction of sp³-hybridized carbons (Fsp3) is 0.167. The molecule has 0 aliphatic carbocycles. The van der Waals surface area contributed by atoms with Gasteiger partial charge in [-0.05, 0) is 49.2 Å². The Bertz CT molecular complexity index is 943. The molecule has 0 saturated carbocycles. The summed E-state index contributed by atoms with van der Waals surface area (Å²) in [4.78, 5) is 3.91. The van der Waals surface area contributed by atoms with Crippen LogP contribution in [0.15, 0.2) is 42.6 Å². The monoisotopic (exact) mass is 354 g/mol. The molecule has 3 aromatic rings. The molecule has 8 heteroatoms. The van der Waals surface area contributed by atoms with Gasteiger partial charge >= 0.3 is 0 Å². The van der Waals surface area contributed by atoms with Crippen molar-refractivity contribution in [3.05, 3.63) is 65.5 Å². The number of nitrogens with one attached hydrogen (secondary N) is 1. The molecule has 1 aromatic carbocycles. The standard InChI is InChI=1S/C18H16F2N6/c19-12-5-7-13(8-6-12)26-17(22)14(11-21)16(25-26)4-2-10-24-18-15(20)3-1-9-23-18/h1,3,5-9H,2,4,10,22H2,(H,23,24). The van der Waals surface area contributed by atoms with Crippen LogP contribution in [0, 0.1) is 23.0 Å². The van der Waals surface area contributed by atoms with Crippen LogP contribution in [0.5, 0.6) is 0 Å². The first-order valence-corrected chi connectivity index (χ1v) is 7.98. The summed E-state index contributed by atoms with van der Waals surface area (Å²) in [5.41, 5.74) is 7.41. The molecule has 3 rings (SSSR count). The number of rotatable bonds is 6. The highest BCUT2D eigenvalue weighted by Crippen LogP contribution is 2.22. The number of aromatic nitrogens is 3. The van der Waals surface area contributed by atoms with Crippen LogP contribution in [-0.2, 0) is 6.42 Å². The van der Waals surface area contributed by atoms with Gasteiger partial charge in [-0.15, -0.1) is 0 Å². The maximum absolute atomic E-state index is 13.5. The molecule has 132 valence electrons. The number of nitrogen functional groups attached to an aromatic ring is 1. The minimum atomic E-state index is -0.421. The van der Waals surface area contributed by atoms with Crippen molar-refractivity contribution < 1.29 is 8.78 Å². The van der Waals surface area contributed by atoms with Gasteiger partial charge in [-0.3, -0.25) is 0 Å². The van der Waals surface area contributed by atoms with Crippen LogP contribution >= 0.6 is 0 Å². The Hall–Kier alpha value is -3.47. The molecule has 0 amide bonds. The largest absolute Gasteiger partial charge is 0.382 e. The van der Waals surface area contributed by atoms with Crippen LogP contribution < -0.4 is 11.1 Å². The van der Waals surface area contributed by atoms with Crippen LogP contribution in [0.4, 0.5) is 20.4 Å². The smallest absolute Gasteiger partial charge is 0.165 e. The van der Waals surface area contributed by atoms with Gasteiger partial charge in [0, 0.05) is 12.7 Å². The fourth-order valence-electron chi connectivity index (χ4n) is 2.53. The maximum Gasteiger partial charge on any atom is 0.165 e. The quantitative estimate of drug-likeness (QED) is 0.664. The van der Waals surface area contributed by atoms with Crippen LogP contribution in [0.25, 0.3) is 5.69 Å². The lowest BCUT2D eigenvalue weighted by atomic mass is 10.1. The zero-order chi connectivity index (χ0) is 18.5. The van der Waals surface area contributed by atoms with E-state index in [4.69, 9.17) is 5.73 Å². The van der Waals surface area contributed by atoms with Crippen molar-refractivity contribution in [2.24, 2.45) is 0 Å². The van der Waals surface area contributed by atoms with Crippen molar-refractivity contribution in [3.8, 4) is 11.8 Å². The first-order valence-electron chi connectivity index (χ1n) is 7.98. The van der Waals surface area contributed by atoms with Crippen molar-refractivity contribution in [1.82, 2.24) is 14.8 Å². The number of nitrogens with zero attached hydrogens (tertiary/aromatic N) is 4. The maximum atomic E-state index is 13.5. The molecule has 0 aliphatic rings. The summed E-state index contributed by atoms with van der Waals surface area (Å²) in [6.07, 6.45) is 2.58. The molecular formula is C18H16F2N6. The normalized spacial score (nSPS) is 10.5. The Kier molecular flexibility index (Phi) is 5.08. The average molecular weight is 354 g/mol. The first-order chi connectivity index (χ1) is 12.6. The third kappa shape index (κ3) is 3.62. The van der Waals surface area contributed by atoms with Gasteiger partial charge in [0.1, 0.15) is 23.3 Å². The lowest BCUT2D eigenvalue weighted by Crippen LogP contribution is -2.07. The van der Waals surface area contributed by atoms with Crippen LogP contribution in [0.3, 0.4) is 0 Å². The first kappa shape index (κ1) is 17.4. The number of aryl methyl sites for hydroxylation is 1. The zero-order valence-electron chi connectivity index (χ0n) is 13.8. The number of halogens is 2. The molecule has 0 radical (unpaired) electrons. The summed E-state index contributed by atoms with van der Waals surface area (Å²) in [7, 11) is 0. The average Bonchev–Trinajstić information content (AvgIpc) is 2.96. The molecule has 3 N–H and O–H groups in total. The Morgan fingerprint density at radius 1 is 1.19 bits per heavy atom. The molecular weight excluding hydrogens is 338 g/mol. The fourth-order valence-corrected chi connectivity index (χ4v) is 2.53. The Morgan fingerprint density at radius 3 is 2.65 bits per heavy atom. The van der Waals surface area contributed by atoms with Crippen LogP contribution in [0.2, 0.25) is 0 Å². The van der Waals surface area contributed by atoms with Gasteiger partial charge in [-0.1, -0.05) is 0 Å². The minimum absolute atomic E-state index is 0.185. The highest BCUT2D eigenvalue weighted by Gasteiger charge is 2.16. The Labute approximate surface area is 148 Å². The van der Waals surface area contributed by atoms with Gasteiger partial charge in [-0.2, -0.15) is 10.4 Å². The van der Waals surface area contributed by atoms with Crippen LogP contribution in [0.1, 0.15) is 17.7 Å². The second-order valence-corrected chi connectivity index (χ2v) is 5.57. The molecule has 0 saturated heterocycles. The molecule has 2 aromatic heterocycles. The molecule has 0 aliphatic heterocycles. The number of hydrogen-bond acceptors (Lipinski definition) is 5. The van der Waals surface area contributed by atoms with E-state index >= 15 is 0 Å². The van der Waals surface area contributed by atoms with Crippen molar-refractivity contribution in [1.29, 1.82) is 5.26 Å². The number of benzene rings is 1. The Morgan fingerprint density at radius 2 is 1.96 bits per heavy atom. The van der Waals surface area contributed by atoms with Gasteiger partial charge in [0.25, 0.3) is 0 Å². The van der Waals surface area contributed by atoms with Crippen LogP contribution in [-0.4, -0.2) is 21.3 Å². The van der Waals surface area contributed by atoms with E-state index in [0.29, 0.717) is 36.3 Å². The summed E-state index contributed by atoms with van der Waals surface area (Å²) in [5, 5.41) is 16.6. The highest BCUT2D eigenvalue weighted by atomic mass is 19.1. The number of pyridine rings is 1. The molecule has 26 heavy (non-hydrogen) atoms. The van der Waals surface area contributed by atoms with Crippen molar-refractivity contribution in [2.75, 3.05) is 17.6 Å². The number of anilines is 2. The van der Waals surface area contributed by atoms with Gasteiger partial charge in [0.2, 0.25) is 0 Å². The van der Waals surface area contributed by atoms with Crippen molar-refractivity contribution in [2.45, 2.75) is 12.8 Å². The Balaban J connectivity index is 1.70. The molecule has 0 spiro atoms. The second-order valence-electron chi connectivity index (χ2n) is 5.57. The van der Waals surface area contributed by atoms with E-state index in [1.54, 1.807) is 0 Å². The lowest BCUT2D eigenvalue weighted by Gasteiger charge is -2.05. The molecule has 6 nitrogen and oxygen atoms in total. The summed E-state index contributed by atoms with van der Waals surface area (Å²) in [6.45, 7) is 0.460. The molecule has 0 unspecified atom stereocenters. The molecule has 0 atom stereocenters. The molecule has 0 fully saturated rings. The second kappa shape index (κ2) is 7.61. The van der Waals surface area contributed by atoms with Gasteiger partial charge in [-0.25, -0.2) is 18.4 Å². The van der Waals surface area contributed by atoms with Gasteiger partial charge in [0.15, 0.2) is 11.6 Å². The van der Waals surface area contributed by atoms with E-state index in [2.05, 4.69) is 21.5 Å². The van der Waals surface area contributed by atoms with E-state index in [1.165, 1.54) is 47.3 Å². The van der Waals surface area contributed by atoms with Crippen molar-refractivity contribution >= 4 is 11.6 Å². The third-order valence-corrected chi connectivity index (χ3v) is 3.82. The highest BCUT2D eigenvalue weighted by molar-refractivity contribution is 5.56. The minimum Gasteiger partial charge on any atom is -0.382 e. The van der Waals surface area contributed by atoms with Crippen molar-refractivity contribution in [3.63, 3.8) is 0 Å². The predicted molar refractivity (Wildman–Crippen MR) is 93.7 cm³/mol. The topological polar surface area (TPSA) is 92.5 Å². The van der Waals surface area contributed by atoms with Gasteiger partial charge < -0.3 is 11.1 Å². The zero-order valence-corrected chi connectivity index (χ0v) is 13.8. The lowest BCUT2D eigenvalue weighted by molar-refractivity contribution is 0.623. The SMILES string of the molecule is N#Cc1c(CCCNc2ncccc2F)nn(-c2ccc(F)cc2)c1N. The summed E-state index contributed by atoms with van der Waals surface area (Å²) in [5.74, 6) is -0.398. The predicted octanol–water partition coefficient (Wildman–Crippen LogP) is 3.04. The van der Waals surface area contributed by atoms with Gasteiger partial charge in [0.05, 0.1) is 11.4 Å². The van der Waals surface area contributed by atoms with E-state index in [0.717, 1.165) is 0 Å². The third-order valence-electron chi connectivity index (χ3n) is 3.82. The number of hydrogen-bond donors (Lipinski definition) is 2. The summed E-state index contributed by atoms with van der Waals surface area (Å²) >= 11 is 0. The number of nitriles is 1. The number of nitrogens with two attached hydrogens (primary N) is 1. The van der Waals surface area contributed by atoms with E-state index < -0.39 is 5.82 Å². The molecule has 0 bridgehead atoms. The van der Waals surface area contributed by atoms with E-state index in [9.17, 15) is 14.0 Å². The van der Waals surface area contributed by atoms with E-state index in [1.807, 2.05) is 0 Å².